The van der Waals surface area contributed by atoms with E-state index in [1.54, 1.807) is 19.5 Å². The van der Waals surface area contributed by atoms with Crippen LogP contribution in [0.3, 0.4) is 0 Å². The molecule has 0 aliphatic carbocycles. The first-order valence-corrected chi connectivity index (χ1v) is 11.6. The number of nitrogens with one attached hydrogen (secondary N) is 3. The average molecular weight is 459 g/mol. The van der Waals surface area contributed by atoms with Gasteiger partial charge in [-0.25, -0.2) is 4.98 Å². The lowest BCUT2D eigenvalue weighted by molar-refractivity contribution is 0.271. The molecule has 3 heterocycles. The van der Waals surface area contributed by atoms with Crippen molar-refractivity contribution in [3.05, 3.63) is 54.4 Å². The van der Waals surface area contributed by atoms with Crippen molar-refractivity contribution in [3.8, 4) is 5.75 Å². The van der Waals surface area contributed by atoms with Gasteiger partial charge in [0.2, 0.25) is 5.95 Å². The van der Waals surface area contributed by atoms with Gasteiger partial charge in [0.1, 0.15) is 11.6 Å². The number of nitrogens with zero attached hydrogens (tertiary/aromatic N) is 5. The monoisotopic (exact) mass is 458 g/mol. The Bertz CT molecular complexity index is 1280. The third-order valence-corrected chi connectivity index (χ3v) is 6.29. The molecule has 1 fully saturated rings. The van der Waals surface area contributed by atoms with Gasteiger partial charge in [0.25, 0.3) is 0 Å². The van der Waals surface area contributed by atoms with E-state index >= 15 is 0 Å². The lowest BCUT2D eigenvalue weighted by Crippen LogP contribution is -2.46. The number of hydrogen-bond donors (Lipinski definition) is 3. The van der Waals surface area contributed by atoms with Gasteiger partial charge < -0.3 is 25.2 Å². The summed E-state index contributed by atoms with van der Waals surface area (Å²) >= 11 is 0. The fourth-order valence-corrected chi connectivity index (χ4v) is 4.20. The molecule has 1 aliphatic rings. The number of fused-ring (bicyclic) bond motifs is 1. The molecule has 1 saturated heterocycles. The van der Waals surface area contributed by atoms with Gasteiger partial charge in [-0.1, -0.05) is 6.92 Å². The van der Waals surface area contributed by atoms with Gasteiger partial charge in [-0.2, -0.15) is 10.1 Å². The Labute approximate surface area is 199 Å². The molecule has 9 nitrogen and oxygen atoms in total. The number of hydrogen-bond acceptors (Lipinski definition) is 8. The largest absolute Gasteiger partial charge is 0.494 e. The van der Waals surface area contributed by atoms with Gasteiger partial charge in [0.15, 0.2) is 0 Å². The summed E-state index contributed by atoms with van der Waals surface area (Å²) in [7, 11) is 1.69. The lowest BCUT2D eigenvalue weighted by atomic mass is 10.2. The smallest absolute Gasteiger partial charge is 0.229 e. The van der Waals surface area contributed by atoms with E-state index in [2.05, 4.69) is 54.7 Å². The minimum Gasteiger partial charge on any atom is -0.494 e. The standard InChI is InChI=1S/C25H30N8O/c1-4-32-9-11-33(12-10-32)20-7-8-21(23(14-20)34-3)29-25-26-15-17(2)24(30-25)28-19-6-5-18-16-27-31-22(18)13-19/h5-8,13-16H,4,9-12H2,1-3H3,(H,27,31)(H2,26,28,29,30). The zero-order valence-electron chi connectivity index (χ0n) is 19.8. The molecule has 2 aromatic carbocycles. The Balaban J connectivity index is 1.33. The van der Waals surface area contributed by atoms with E-state index in [-0.39, 0.29) is 0 Å². The maximum atomic E-state index is 5.69. The van der Waals surface area contributed by atoms with Gasteiger partial charge in [0, 0.05) is 60.8 Å². The summed E-state index contributed by atoms with van der Waals surface area (Å²) in [6.45, 7) is 9.50. The number of benzene rings is 2. The van der Waals surface area contributed by atoms with Crippen LogP contribution in [-0.4, -0.2) is 64.9 Å². The summed E-state index contributed by atoms with van der Waals surface area (Å²) in [5, 5.41) is 14.8. The highest BCUT2D eigenvalue weighted by molar-refractivity contribution is 5.82. The fourth-order valence-electron chi connectivity index (χ4n) is 4.20. The number of aryl methyl sites for hydroxylation is 1. The third-order valence-electron chi connectivity index (χ3n) is 6.29. The van der Waals surface area contributed by atoms with E-state index < -0.39 is 0 Å². The highest BCUT2D eigenvalue weighted by atomic mass is 16.5. The molecule has 0 radical (unpaired) electrons. The molecule has 0 bridgehead atoms. The van der Waals surface area contributed by atoms with E-state index in [0.29, 0.717) is 5.95 Å². The summed E-state index contributed by atoms with van der Waals surface area (Å²) in [6, 6.07) is 12.3. The molecular weight excluding hydrogens is 428 g/mol. The van der Waals surface area contributed by atoms with Crippen molar-refractivity contribution in [2.75, 3.05) is 55.4 Å². The van der Waals surface area contributed by atoms with Crippen LogP contribution in [-0.2, 0) is 0 Å². The molecule has 0 saturated carbocycles. The number of anilines is 5. The first kappa shape index (κ1) is 22.0. The van der Waals surface area contributed by atoms with Crippen molar-refractivity contribution >= 4 is 39.7 Å². The Hall–Kier alpha value is -3.85. The number of methoxy groups -OCH3 is 1. The summed E-state index contributed by atoms with van der Waals surface area (Å²) in [6.07, 6.45) is 3.61. The van der Waals surface area contributed by atoms with Crippen LogP contribution in [0.4, 0.5) is 28.8 Å². The number of aromatic nitrogens is 4. The predicted octanol–water partition coefficient (Wildman–Crippen LogP) is 4.30. The molecule has 34 heavy (non-hydrogen) atoms. The summed E-state index contributed by atoms with van der Waals surface area (Å²) in [5.74, 6) is 2.00. The Morgan fingerprint density at radius 1 is 1.03 bits per heavy atom. The van der Waals surface area contributed by atoms with Crippen LogP contribution in [0.1, 0.15) is 12.5 Å². The van der Waals surface area contributed by atoms with Crippen LogP contribution >= 0.6 is 0 Å². The van der Waals surface area contributed by atoms with Gasteiger partial charge in [-0.05, 0) is 43.8 Å². The van der Waals surface area contributed by atoms with E-state index in [1.807, 2.05) is 31.2 Å². The second-order valence-corrected chi connectivity index (χ2v) is 8.45. The molecule has 0 unspecified atom stereocenters. The maximum absolute atomic E-state index is 5.69. The minimum atomic E-state index is 0.498. The zero-order chi connectivity index (χ0) is 23.5. The third kappa shape index (κ3) is 4.60. The van der Waals surface area contributed by atoms with Crippen LogP contribution in [0.2, 0.25) is 0 Å². The SMILES string of the molecule is CCN1CCN(c2ccc(Nc3ncc(C)c(Nc4ccc5cn[nH]c5c4)n3)c(OC)c2)CC1. The van der Waals surface area contributed by atoms with Crippen molar-refractivity contribution in [1.29, 1.82) is 0 Å². The summed E-state index contributed by atoms with van der Waals surface area (Å²) in [4.78, 5) is 14.0. The van der Waals surface area contributed by atoms with Crippen LogP contribution < -0.4 is 20.3 Å². The number of likely N-dealkylation sites (N-methyl/N-ethyl adjacent to an activating group) is 1. The Morgan fingerprint density at radius 2 is 1.88 bits per heavy atom. The predicted molar refractivity (Wildman–Crippen MR) is 137 cm³/mol. The molecule has 2 aromatic heterocycles. The molecule has 0 spiro atoms. The maximum Gasteiger partial charge on any atom is 0.229 e. The summed E-state index contributed by atoms with van der Waals surface area (Å²) < 4.78 is 5.69. The van der Waals surface area contributed by atoms with E-state index in [9.17, 15) is 0 Å². The van der Waals surface area contributed by atoms with Crippen LogP contribution in [0.25, 0.3) is 10.9 Å². The summed E-state index contributed by atoms with van der Waals surface area (Å²) in [5.41, 5.74) is 4.83. The molecule has 0 atom stereocenters. The van der Waals surface area contributed by atoms with Crippen LogP contribution in [0.15, 0.2) is 48.8 Å². The molecule has 1 aliphatic heterocycles. The van der Waals surface area contributed by atoms with Crippen molar-refractivity contribution in [2.45, 2.75) is 13.8 Å². The van der Waals surface area contributed by atoms with Gasteiger partial charge in [0.05, 0.1) is 24.5 Å². The number of aromatic amines is 1. The molecule has 0 amide bonds. The van der Waals surface area contributed by atoms with Crippen molar-refractivity contribution in [2.24, 2.45) is 0 Å². The van der Waals surface area contributed by atoms with E-state index in [1.165, 1.54) is 5.69 Å². The number of ether oxygens (including phenoxy) is 1. The van der Waals surface area contributed by atoms with Crippen molar-refractivity contribution < 1.29 is 4.74 Å². The molecule has 5 rings (SSSR count). The van der Waals surface area contributed by atoms with Crippen molar-refractivity contribution in [1.82, 2.24) is 25.1 Å². The zero-order valence-corrected chi connectivity index (χ0v) is 19.8. The Morgan fingerprint density at radius 3 is 2.68 bits per heavy atom. The molecule has 3 N–H and O–H groups in total. The highest BCUT2D eigenvalue weighted by Crippen LogP contribution is 2.32. The second kappa shape index (κ2) is 9.56. The van der Waals surface area contributed by atoms with Gasteiger partial charge in [-0.3, -0.25) is 5.10 Å². The number of H-pyrrole nitrogens is 1. The molecular formula is C25H30N8O. The number of piperazine rings is 1. The number of rotatable bonds is 7. The molecule has 4 aromatic rings. The second-order valence-electron chi connectivity index (χ2n) is 8.45. The normalized spacial score (nSPS) is 14.4. The molecule has 9 heteroatoms. The first-order valence-electron chi connectivity index (χ1n) is 11.6. The topological polar surface area (TPSA) is 94.2 Å². The Kier molecular flexibility index (Phi) is 6.18. The average Bonchev–Trinajstić information content (AvgIpc) is 3.34. The van der Waals surface area contributed by atoms with Crippen LogP contribution in [0, 0.1) is 6.92 Å². The first-order chi connectivity index (χ1) is 16.6. The fraction of sp³-hybridized carbons (Fsp3) is 0.320. The van der Waals surface area contributed by atoms with Gasteiger partial charge >= 0.3 is 0 Å². The quantitative estimate of drug-likeness (QED) is 0.377. The van der Waals surface area contributed by atoms with Gasteiger partial charge in [-0.15, -0.1) is 0 Å². The van der Waals surface area contributed by atoms with Crippen LogP contribution in [0.5, 0.6) is 5.75 Å². The minimum absolute atomic E-state index is 0.498. The highest BCUT2D eigenvalue weighted by Gasteiger charge is 2.17. The van der Waals surface area contributed by atoms with E-state index in [4.69, 9.17) is 9.72 Å². The van der Waals surface area contributed by atoms with Crippen molar-refractivity contribution in [3.63, 3.8) is 0 Å². The van der Waals surface area contributed by atoms with E-state index in [0.717, 1.165) is 72.1 Å². The lowest BCUT2D eigenvalue weighted by Gasteiger charge is -2.35. The molecule has 176 valence electrons.